The van der Waals surface area contributed by atoms with E-state index in [1.54, 1.807) is 30.5 Å². The molecule has 0 saturated heterocycles. The third-order valence-electron chi connectivity index (χ3n) is 3.28. The van der Waals surface area contributed by atoms with Gasteiger partial charge in [0.2, 0.25) is 5.91 Å². The van der Waals surface area contributed by atoms with Crippen LogP contribution in [-0.4, -0.2) is 22.1 Å². The number of ether oxygens (including phenoxy) is 1. The number of amides is 1. The van der Waals surface area contributed by atoms with Crippen molar-refractivity contribution in [1.82, 2.24) is 9.55 Å². The van der Waals surface area contributed by atoms with E-state index in [0.29, 0.717) is 12.2 Å². The van der Waals surface area contributed by atoms with Crippen LogP contribution >= 0.6 is 0 Å². The molecule has 0 aliphatic carbocycles. The molecule has 1 aromatic carbocycles. The maximum Gasteiger partial charge on any atom is 0.248 e. The molecule has 112 valence electrons. The maximum atomic E-state index is 10.9. The summed E-state index contributed by atoms with van der Waals surface area (Å²) in [5, 5.41) is 0. The van der Waals surface area contributed by atoms with Gasteiger partial charge in [0.15, 0.2) is 0 Å². The molecule has 0 radical (unpaired) electrons. The minimum Gasteiger partial charge on any atom is -0.494 e. The molecule has 1 amide bonds. The molecule has 0 fully saturated rings. The van der Waals surface area contributed by atoms with Crippen molar-refractivity contribution in [1.29, 1.82) is 0 Å². The van der Waals surface area contributed by atoms with E-state index in [9.17, 15) is 4.79 Å². The molecule has 0 saturated carbocycles. The summed E-state index contributed by atoms with van der Waals surface area (Å²) in [7, 11) is 0. The highest BCUT2D eigenvalue weighted by molar-refractivity contribution is 5.92. The van der Waals surface area contributed by atoms with Gasteiger partial charge in [-0.05, 0) is 37.1 Å². The van der Waals surface area contributed by atoms with Gasteiger partial charge in [-0.25, -0.2) is 4.98 Å². The first-order valence-electron chi connectivity index (χ1n) is 7.24. The molecule has 0 bridgehead atoms. The number of hydrogen-bond acceptors (Lipinski definition) is 3. The number of benzene rings is 1. The van der Waals surface area contributed by atoms with Gasteiger partial charge in [0.25, 0.3) is 0 Å². The molecular weight excluding hydrogens is 266 g/mol. The van der Waals surface area contributed by atoms with Crippen LogP contribution < -0.4 is 10.5 Å². The van der Waals surface area contributed by atoms with Gasteiger partial charge in [0.1, 0.15) is 5.75 Å². The van der Waals surface area contributed by atoms with Gasteiger partial charge in [-0.15, -0.1) is 0 Å². The lowest BCUT2D eigenvalue weighted by Gasteiger charge is -2.06. The number of imidazole rings is 1. The quantitative estimate of drug-likeness (QED) is 0.721. The summed E-state index contributed by atoms with van der Waals surface area (Å²) in [6.45, 7) is 1.72. The smallest absolute Gasteiger partial charge is 0.248 e. The van der Waals surface area contributed by atoms with Crippen molar-refractivity contribution in [3.05, 3.63) is 48.5 Å². The van der Waals surface area contributed by atoms with E-state index in [1.807, 2.05) is 12.5 Å². The number of aryl methyl sites for hydroxylation is 1. The number of nitrogens with zero attached hydrogens (tertiary/aromatic N) is 2. The van der Waals surface area contributed by atoms with E-state index < -0.39 is 5.91 Å². The number of rotatable bonds is 9. The summed E-state index contributed by atoms with van der Waals surface area (Å²) >= 11 is 0. The molecule has 0 aliphatic heterocycles. The molecule has 1 heterocycles. The van der Waals surface area contributed by atoms with Crippen molar-refractivity contribution in [3.63, 3.8) is 0 Å². The van der Waals surface area contributed by atoms with Crippen LogP contribution in [0.3, 0.4) is 0 Å². The number of hydrogen-bond donors (Lipinski definition) is 1. The molecule has 0 spiro atoms. The molecule has 0 unspecified atom stereocenters. The summed E-state index contributed by atoms with van der Waals surface area (Å²) in [5.41, 5.74) is 5.68. The molecule has 0 aliphatic rings. The topological polar surface area (TPSA) is 70.1 Å². The molecule has 21 heavy (non-hydrogen) atoms. The van der Waals surface area contributed by atoms with Crippen LogP contribution in [0.4, 0.5) is 0 Å². The Morgan fingerprint density at radius 2 is 1.90 bits per heavy atom. The summed E-state index contributed by atoms with van der Waals surface area (Å²) in [6, 6.07) is 6.92. The Bertz CT molecular complexity index is 535. The standard InChI is InChI=1S/C16H21N3O2/c17-16(20)14-5-7-15(8-6-14)21-12-4-2-1-3-10-19-11-9-18-13-19/h5-9,11,13H,1-4,10,12H2,(H2,17,20). The highest BCUT2D eigenvalue weighted by atomic mass is 16.5. The highest BCUT2D eigenvalue weighted by Gasteiger charge is 2.00. The summed E-state index contributed by atoms with van der Waals surface area (Å²) in [4.78, 5) is 14.9. The van der Waals surface area contributed by atoms with Crippen LogP contribution in [0.2, 0.25) is 0 Å². The number of nitrogens with two attached hydrogens (primary N) is 1. The molecule has 5 nitrogen and oxygen atoms in total. The first kappa shape index (κ1) is 15.1. The Morgan fingerprint density at radius 3 is 2.57 bits per heavy atom. The second-order valence-corrected chi connectivity index (χ2v) is 4.95. The van der Waals surface area contributed by atoms with E-state index >= 15 is 0 Å². The predicted octanol–water partition coefficient (Wildman–Crippen LogP) is 2.62. The highest BCUT2D eigenvalue weighted by Crippen LogP contribution is 2.12. The van der Waals surface area contributed by atoms with Crippen LogP contribution in [0, 0.1) is 0 Å². The van der Waals surface area contributed by atoms with Crippen molar-refractivity contribution in [2.75, 3.05) is 6.61 Å². The van der Waals surface area contributed by atoms with Crippen molar-refractivity contribution in [3.8, 4) is 5.75 Å². The lowest BCUT2D eigenvalue weighted by Crippen LogP contribution is -2.10. The Morgan fingerprint density at radius 1 is 1.14 bits per heavy atom. The second kappa shape index (κ2) is 8.09. The van der Waals surface area contributed by atoms with Crippen LogP contribution in [-0.2, 0) is 6.54 Å². The zero-order chi connectivity index (χ0) is 14.9. The van der Waals surface area contributed by atoms with E-state index in [2.05, 4.69) is 9.55 Å². The van der Waals surface area contributed by atoms with E-state index in [1.165, 1.54) is 6.42 Å². The van der Waals surface area contributed by atoms with E-state index in [-0.39, 0.29) is 0 Å². The maximum absolute atomic E-state index is 10.9. The Balaban J connectivity index is 1.54. The molecular formula is C16H21N3O2. The van der Waals surface area contributed by atoms with Gasteiger partial charge in [-0.3, -0.25) is 4.79 Å². The average molecular weight is 287 g/mol. The molecule has 1 aromatic heterocycles. The van der Waals surface area contributed by atoms with Gasteiger partial charge < -0.3 is 15.0 Å². The van der Waals surface area contributed by atoms with Crippen molar-refractivity contribution >= 4 is 5.91 Å². The Hall–Kier alpha value is -2.30. The Kier molecular flexibility index (Phi) is 5.82. The van der Waals surface area contributed by atoms with E-state index in [4.69, 9.17) is 10.5 Å². The normalized spacial score (nSPS) is 10.5. The van der Waals surface area contributed by atoms with Gasteiger partial charge in [-0.1, -0.05) is 12.8 Å². The predicted molar refractivity (Wildman–Crippen MR) is 81.1 cm³/mol. The molecule has 2 N–H and O–H groups in total. The summed E-state index contributed by atoms with van der Waals surface area (Å²) < 4.78 is 7.72. The lowest BCUT2D eigenvalue weighted by molar-refractivity contribution is 0.100. The fourth-order valence-corrected chi connectivity index (χ4v) is 2.07. The first-order valence-corrected chi connectivity index (χ1v) is 7.24. The molecule has 2 rings (SSSR count). The summed E-state index contributed by atoms with van der Waals surface area (Å²) in [5.74, 6) is 0.359. The number of carbonyl (C=O) groups is 1. The minimum absolute atomic E-state index is 0.417. The van der Waals surface area contributed by atoms with Gasteiger partial charge in [0.05, 0.1) is 12.9 Å². The molecule has 0 atom stereocenters. The van der Waals surface area contributed by atoms with Crippen LogP contribution in [0.25, 0.3) is 0 Å². The lowest BCUT2D eigenvalue weighted by atomic mass is 10.2. The number of carbonyl (C=O) groups excluding carboxylic acids is 1. The van der Waals surface area contributed by atoms with Crippen molar-refractivity contribution in [2.45, 2.75) is 32.2 Å². The first-order chi connectivity index (χ1) is 10.3. The number of unbranched alkanes of at least 4 members (excludes halogenated alkanes) is 3. The second-order valence-electron chi connectivity index (χ2n) is 4.95. The van der Waals surface area contributed by atoms with Crippen LogP contribution in [0.15, 0.2) is 43.0 Å². The SMILES string of the molecule is NC(=O)c1ccc(OCCCCCCn2ccnc2)cc1. The largest absolute Gasteiger partial charge is 0.494 e. The van der Waals surface area contributed by atoms with Gasteiger partial charge in [0, 0.05) is 24.5 Å². The fraction of sp³-hybridized carbons (Fsp3) is 0.375. The number of aromatic nitrogens is 2. The third-order valence-corrected chi connectivity index (χ3v) is 3.28. The monoisotopic (exact) mass is 287 g/mol. The average Bonchev–Trinajstić information content (AvgIpc) is 3.00. The van der Waals surface area contributed by atoms with E-state index in [0.717, 1.165) is 31.6 Å². The third kappa shape index (κ3) is 5.30. The number of primary amides is 1. The van der Waals surface area contributed by atoms with Crippen molar-refractivity contribution < 1.29 is 9.53 Å². The molecule has 2 aromatic rings. The fourth-order valence-electron chi connectivity index (χ4n) is 2.07. The van der Waals surface area contributed by atoms with Crippen LogP contribution in [0.5, 0.6) is 5.75 Å². The van der Waals surface area contributed by atoms with Gasteiger partial charge in [-0.2, -0.15) is 0 Å². The Labute approximate surface area is 124 Å². The minimum atomic E-state index is -0.417. The van der Waals surface area contributed by atoms with Crippen LogP contribution in [0.1, 0.15) is 36.0 Å². The summed E-state index contributed by atoms with van der Waals surface area (Å²) in [6.07, 6.45) is 10.1. The van der Waals surface area contributed by atoms with Crippen molar-refractivity contribution in [2.24, 2.45) is 5.73 Å². The van der Waals surface area contributed by atoms with Gasteiger partial charge >= 0.3 is 0 Å². The zero-order valence-corrected chi connectivity index (χ0v) is 12.1. The zero-order valence-electron chi connectivity index (χ0n) is 12.1. The molecule has 5 heteroatoms.